The van der Waals surface area contributed by atoms with Crippen molar-refractivity contribution in [3.05, 3.63) is 77.6 Å². The average molecular weight is 442 g/mol. The third-order valence-corrected chi connectivity index (χ3v) is 6.15. The SMILES string of the molecule is Cc1noc2nc(-c3ccccc3F)cc(C(=O)N3CCCC3c3nnc4ccccn34)c12. The number of aryl methyl sites for hydroxylation is 1. The molecule has 5 aromatic rings. The van der Waals surface area contributed by atoms with E-state index in [1.165, 1.54) is 6.07 Å². The van der Waals surface area contributed by atoms with Gasteiger partial charge in [0, 0.05) is 18.3 Å². The van der Waals surface area contributed by atoms with E-state index in [-0.39, 0.29) is 17.7 Å². The second kappa shape index (κ2) is 7.47. The predicted molar refractivity (Wildman–Crippen MR) is 118 cm³/mol. The number of halogens is 1. The maximum absolute atomic E-state index is 14.5. The summed E-state index contributed by atoms with van der Waals surface area (Å²) >= 11 is 0. The van der Waals surface area contributed by atoms with Crippen LogP contribution in [0.3, 0.4) is 0 Å². The Bertz CT molecular complexity index is 1520. The molecule has 164 valence electrons. The van der Waals surface area contributed by atoms with Gasteiger partial charge >= 0.3 is 0 Å². The summed E-state index contributed by atoms with van der Waals surface area (Å²) in [6.07, 6.45) is 3.52. The molecule has 33 heavy (non-hydrogen) atoms. The molecule has 9 heteroatoms. The van der Waals surface area contributed by atoms with Crippen molar-refractivity contribution in [1.82, 2.24) is 29.6 Å². The number of carbonyl (C=O) groups is 1. The molecule has 1 aliphatic heterocycles. The minimum Gasteiger partial charge on any atom is -0.335 e. The van der Waals surface area contributed by atoms with E-state index in [1.807, 2.05) is 28.8 Å². The Morgan fingerprint density at radius 3 is 2.88 bits per heavy atom. The maximum atomic E-state index is 14.5. The summed E-state index contributed by atoms with van der Waals surface area (Å²) in [5.41, 5.74) is 2.50. The van der Waals surface area contributed by atoms with Crippen LogP contribution in [0.25, 0.3) is 28.0 Å². The highest BCUT2D eigenvalue weighted by atomic mass is 19.1. The molecule has 0 aliphatic carbocycles. The largest absolute Gasteiger partial charge is 0.335 e. The quantitative estimate of drug-likeness (QED) is 0.413. The van der Waals surface area contributed by atoms with E-state index in [9.17, 15) is 9.18 Å². The molecule has 1 fully saturated rings. The Kier molecular flexibility index (Phi) is 4.42. The normalized spacial score (nSPS) is 16.2. The van der Waals surface area contributed by atoms with Crippen molar-refractivity contribution >= 4 is 22.7 Å². The number of hydrogen-bond acceptors (Lipinski definition) is 6. The van der Waals surface area contributed by atoms with Crippen LogP contribution in [0.5, 0.6) is 0 Å². The molecule has 0 radical (unpaired) electrons. The van der Waals surface area contributed by atoms with Crippen LogP contribution in [0.2, 0.25) is 0 Å². The predicted octanol–water partition coefficient (Wildman–Crippen LogP) is 4.36. The zero-order valence-corrected chi connectivity index (χ0v) is 17.8. The Morgan fingerprint density at radius 2 is 2.00 bits per heavy atom. The number of amides is 1. The fourth-order valence-corrected chi connectivity index (χ4v) is 4.59. The van der Waals surface area contributed by atoms with Gasteiger partial charge in [0.1, 0.15) is 5.82 Å². The van der Waals surface area contributed by atoms with Crippen molar-refractivity contribution in [2.75, 3.05) is 6.54 Å². The summed E-state index contributed by atoms with van der Waals surface area (Å²) in [5, 5.41) is 13.2. The molecule has 0 bridgehead atoms. The first-order valence-corrected chi connectivity index (χ1v) is 10.7. The average Bonchev–Trinajstić information content (AvgIpc) is 3.56. The molecule has 6 rings (SSSR count). The zero-order valence-electron chi connectivity index (χ0n) is 17.8. The summed E-state index contributed by atoms with van der Waals surface area (Å²) in [6, 6.07) is 13.4. The molecule has 1 atom stereocenters. The first kappa shape index (κ1) is 19.5. The molecular weight excluding hydrogens is 423 g/mol. The highest BCUT2D eigenvalue weighted by Gasteiger charge is 2.35. The lowest BCUT2D eigenvalue weighted by Gasteiger charge is -2.24. The minimum atomic E-state index is -0.423. The third kappa shape index (κ3) is 3.07. The van der Waals surface area contributed by atoms with Crippen molar-refractivity contribution in [3.8, 4) is 11.3 Å². The lowest BCUT2D eigenvalue weighted by molar-refractivity contribution is 0.0731. The second-order valence-corrected chi connectivity index (χ2v) is 8.13. The standard InChI is InChI=1S/C24H19FN6O2/c1-14-21-16(13-18(26-23(21)33-29-14)15-7-2-3-8-17(15)25)24(32)30-12-6-9-19(30)22-28-27-20-10-4-5-11-31(20)22/h2-5,7-8,10-11,13,19H,6,9,12H2,1H3. The molecule has 1 unspecified atom stereocenters. The van der Waals surface area contributed by atoms with E-state index in [4.69, 9.17) is 4.52 Å². The number of benzene rings is 1. The highest BCUT2D eigenvalue weighted by Crippen LogP contribution is 2.35. The Balaban J connectivity index is 1.48. The fraction of sp³-hybridized carbons (Fsp3) is 0.208. The number of hydrogen-bond donors (Lipinski definition) is 0. The number of carbonyl (C=O) groups excluding carboxylic acids is 1. The number of likely N-dealkylation sites (tertiary alicyclic amines) is 1. The lowest BCUT2D eigenvalue weighted by atomic mass is 10.0. The van der Waals surface area contributed by atoms with Crippen molar-refractivity contribution in [2.45, 2.75) is 25.8 Å². The summed E-state index contributed by atoms with van der Waals surface area (Å²) in [6.45, 7) is 2.34. The van der Waals surface area contributed by atoms with Crippen molar-refractivity contribution in [2.24, 2.45) is 0 Å². The smallest absolute Gasteiger partial charge is 0.259 e. The second-order valence-electron chi connectivity index (χ2n) is 8.13. The zero-order chi connectivity index (χ0) is 22.5. The lowest BCUT2D eigenvalue weighted by Crippen LogP contribution is -2.31. The van der Waals surface area contributed by atoms with Crippen LogP contribution >= 0.6 is 0 Å². The van der Waals surface area contributed by atoms with Crippen LogP contribution in [-0.4, -0.2) is 42.1 Å². The molecule has 4 aromatic heterocycles. The monoisotopic (exact) mass is 442 g/mol. The van der Waals surface area contributed by atoms with Gasteiger partial charge in [0.2, 0.25) is 0 Å². The van der Waals surface area contributed by atoms with Gasteiger partial charge in [-0.25, -0.2) is 9.37 Å². The summed E-state index contributed by atoms with van der Waals surface area (Å²) < 4.78 is 21.8. The van der Waals surface area contributed by atoms with Gasteiger partial charge in [-0.3, -0.25) is 9.20 Å². The van der Waals surface area contributed by atoms with Gasteiger partial charge in [0.15, 0.2) is 11.5 Å². The molecule has 1 aliphatic rings. The van der Waals surface area contributed by atoms with Gasteiger partial charge in [-0.05, 0) is 50.1 Å². The topological polar surface area (TPSA) is 89.4 Å². The molecule has 5 heterocycles. The van der Waals surface area contributed by atoms with E-state index in [0.717, 1.165) is 24.3 Å². The number of pyridine rings is 2. The first-order chi connectivity index (χ1) is 16.1. The maximum Gasteiger partial charge on any atom is 0.259 e. The van der Waals surface area contributed by atoms with E-state index in [1.54, 1.807) is 36.1 Å². The van der Waals surface area contributed by atoms with Crippen LogP contribution in [0.4, 0.5) is 4.39 Å². The molecular formula is C24H19FN6O2. The number of rotatable bonds is 3. The Labute approximate surface area is 187 Å². The minimum absolute atomic E-state index is 0.193. The van der Waals surface area contributed by atoms with Gasteiger partial charge in [0.25, 0.3) is 11.6 Å². The highest BCUT2D eigenvalue weighted by molar-refractivity contribution is 6.07. The fourth-order valence-electron chi connectivity index (χ4n) is 4.59. The molecule has 0 saturated carbocycles. The third-order valence-electron chi connectivity index (χ3n) is 6.15. The van der Waals surface area contributed by atoms with E-state index < -0.39 is 5.82 Å². The van der Waals surface area contributed by atoms with Crippen LogP contribution in [0.15, 0.2) is 59.3 Å². The summed E-state index contributed by atoms with van der Waals surface area (Å²) in [5.74, 6) is 0.104. The molecule has 1 aromatic carbocycles. The summed E-state index contributed by atoms with van der Waals surface area (Å²) in [4.78, 5) is 20.1. The van der Waals surface area contributed by atoms with Crippen LogP contribution in [0, 0.1) is 12.7 Å². The van der Waals surface area contributed by atoms with Crippen LogP contribution in [0.1, 0.15) is 40.8 Å². The van der Waals surface area contributed by atoms with Crippen molar-refractivity contribution in [1.29, 1.82) is 0 Å². The van der Waals surface area contributed by atoms with E-state index in [0.29, 0.717) is 34.4 Å². The number of nitrogens with zero attached hydrogens (tertiary/aromatic N) is 6. The Hall–Kier alpha value is -4.14. The van der Waals surface area contributed by atoms with E-state index in [2.05, 4.69) is 20.3 Å². The van der Waals surface area contributed by atoms with Crippen molar-refractivity contribution < 1.29 is 13.7 Å². The molecule has 0 N–H and O–H groups in total. The molecule has 8 nitrogen and oxygen atoms in total. The summed E-state index contributed by atoms with van der Waals surface area (Å²) in [7, 11) is 0. The molecule has 1 amide bonds. The molecule has 0 spiro atoms. The number of fused-ring (bicyclic) bond motifs is 2. The van der Waals surface area contributed by atoms with Gasteiger partial charge in [0.05, 0.1) is 28.4 Å². The Morgan fingerprint density at radius 1 is 1.15 bits per heavy atom. The van der Waals surface area contributed by atoms with Crippen LogP contribution in [-0.2, 0) is 0 Å². The van der Waals surface area contributed by atoms with Gasteiger partial charge in [-0.15, -0.1) is 10.2 Å². The van der Waals surface area contributed by atoms with Gasteiger partial charge < -0.3 is 9.42 Å². The van der Waals surface area contributed by atoms with Crippen molar-refractivity contribution in [3.63, 3.8) is 0 Å². The first-order valence-electron chi connectivity index (χ1n) is 10.7. The van der Waals surface area contributed by atoms with E-state index >= 15 is 0 Å². The molecule has 1 saturated heterocycles. The number of aromatic nitrogens is 5. The van der Waals surface area contributed by atoms with Gasteiger partial charge in [-0.2, -0.15) is 0 Å². The van der Waals surface area contributed by atoms with Gasteiger partial charge in [-0.1, -0.05) is 23.4 Å². The van der Waals surface area contributed by atoms with Crippen LogP contribution < -0.4 is 0 Å².